The number of ether oxygens (including phenoxy) is 1. The predicted octanol–water partition coefficient (Wildman–Crippen LogP) is 1.99. The Bertz CT molecular complexity index is 389. The van der Waals surface area contributed by atoms with Gasteiger partial charge in [0.2, 0.25) is 0 Å². The highest BCUT2D eigenvalue weighted by molar-refractivity contribution is 5.42. The van der Waals surface area contributed by atoms with Crippen LogP contribution in [0.15, 0.2) is 18.5 Å². The zero-order valence-electron chi connectivity index (χ0n) is 11.4. The van der Waals surface area contributed by atoms with Gasteiger partial charge < -0.3 is 15.0 Å². The summed E-state index contributed by atoms with van der Waals surface area (Å²) in [5, 5.41) is 3.18. The lowest BCUT2D eigenvalue weighted by atomic mass is 10.1. The second-order valence-electron chi connectivity index (χ2n) is 5.04. The van der Waals surface area contributed by atoms with Gasteiger partial charge in [0.1, 0.15) is 0 Å². The van der Waals surface area contributed by atoms with Crippen LogP contribution in [0.3, 0.4) is 0 Å². The van der Waals surface area contributed by atoms with Crippen molar-refractivity contribution in [1.82, 2.24) is 9.88 Å². The van der Waals surface area contributed by atoms with Gasteiger partial charge in [-0.25, -0.2) is 4.39 Å². The van der Waals surface area contributed by atoms with Gasteiger partial charge >= 0.3 is 0 Å². The fourth-order valence-electron chi connectivity index (χ4n) is 2.49. The predicted molar refractivity (Wildman–Crippen MR) is 73.7 cm³/mol. The topological polar surface area (TPSA) is 37.4 Å². The van der Waals surface area contributed by atoms with Crippen molar-refractivity contribution in [2.24, 2.45) is 5.92 Å². The zero-order valence-corrected chi connectivity index (χ0v) is 11.4. The van der Waals surface area contributed by atoms with Gasteiger partial charge in [0.25, 0.3) is 0 Å². The number of halogens is 1. The van der Waals surface area contributed by atoms with E-state index in [0.29, 0.717) is 11.6 Å². The molecule has 0 aliphatic carbocycles. The number of rotatable bonds is 7. The molecule has 0 amide bonds. The van der Waals surface area contributed by atoms with Gasteiger partial charge in [-0.05, 0) is 31.4 Å². The van der Waals surface area contributed by atoms with Crippen molar-refractivity contribution in [1.29, 1.82) is 0 Å². The van der Waals surface area contributed by atoms with Gasteiger partial charge in [-0.1, -0.05) is 0 Å². The third kappa shape index (κ3) is 4.44. The summed E-state index contributed by atoms with van der Waals surface area (Å²) in [7, 11) is 1.74. The van der Waals surface area contributed by atoms with Gasteiger partial charge in [-0.2, -0.15) is 0 Å². The van der Waals surface area contributed by atoms with Crippen LogP contribution in [0.2, 0.25) is 0 Å². The van der Waals surface area contributed by atoms with Crippen molar-refractivity contribution in [3.8, 4) is 0 Å². The van der Waals surface area contributed by atoms with Crippen LogP contribution < -0.4 is 5.32 Å². The minimum Gasteiger partial charge on any atom is -0.385 e. The Balaban J connectivity index is 1.69. The highest BCUT2D eigenvalue weighted by atomic mass is 19.1. The standard InChI is InChI=1S/C14H22FN3O/c1-19-8-2-6-18-7-4-12(11-18)9-17-14-3-5-16-10-13(14)15/h3,5,10,12H,2,4,6-9,11H2,1H3,(H,16,17). The first-order chi connectivity index (χ1) is 9.29. The van der Waals surface area contributed by atoms with Crippen LogP contribution in [-0.4, -0.2) is 49.8 Å². The molecule has 1 saturated heterocycles. The van der Waals surface area contributed by atoms with E-state index in [2.05, 4.69) is 15.2 Å². The molecule has 106 valence electrons. The molecule has 1 N–H and O–H groups in total. The molecule has 19 heavy (non-hydrogen) atoms. The SMILES string of the molecule is COCCCN1CCC(CNc2ccncc2F)C1. The first kappa shape index (κ1) is 14.2. The van der Waals surface area contributed by atoms with E-state index in [1.807, 2.05) is 0 Å². The molecule has 0 bridgehead atoms. The van der Waals surface area contributed by atoms with Crippen molar-refractivity contribution < 1.29 is 9.13 Å². The molecule has 2 rings (SSSR count). The van der Waals surface area contributed by atoms with Gasteiger partial charge in [0.15, 0.2) is 5.82 Å². The molecule has 1 aliphatic rings. The number of anilines is 1. The number of aromatic nitrogens is 1. The summed E-state index contributed by atoms with van der Waals surface area (Å²) >= 11 is 0. The lowest BCUT2D eigenvalue weighted by Gasteiger charge is -2.16. The van der Waals surface area contributed by atoms with E-state index in [9.17, 15) is 4.39 Å². The second kappa shape index (κ2) is 7.40. The Hall–Kier alpha value is -1.20. The molecule has 4 nitrogen and oxygen atoms in total. The first-order valence-corrected chi connectivity index (χ1v) is 6.84. The first-order valence-electron chi connectivity index (χ1n) is 6.84. The maximum absolute atomic E-state index is 13.4. The fourth-order valence-corrected chi connectivity index (χ4v) is 2.49. The number of hydrogen-bond donors (Lipinski definition) is 1. The van der Waals surface area contributed by atoms with Crippen molar-refractivity contribution in [3.05, 3.63) is 24.3 Å². The average Bonchev–Trinajstić information content (AvgIpc) is 2.86. The number of hydrogen-bond acceptors (Lipinski definition) is 4. The van der Waals surface area contributed by atoms with Crippen molar-refractivity contribution in [2.75, 3.05) is 45.2 Å². The monoisotopic (exact) mass is 267 g/mol. The zero-order chi connectivity index (χ0) is 13.5. The van der Waals surface area contributed by atoms with Crippen LogP contribution in [0, 0.1) is 11.7 Å². The van der Waals surface area contributed by atoms with Gasteiger partial charge in [0.05, 0.1) is 11.9 Å². The summed E-state index contributed by atoms with van der Waals surface area (Å²) in [5.74, 6) is 0.313. The summed E-state index contributed by atoms with van der Waals surface area (Å²) in [6.07, 6.45) is 5.10. The highest BCUT2D eigenvalue weighted by Crippen LogP contribution is 2.18. The molecule has 1 aromatic heterocycles. The highest BCUT2D eigenvalue weighted by Gasteiger charge is 2.21. The van der Waals surface area contributed by atoms with E-state index in [-0.39, 0.29) is 5.82 Å². The molecule has 0 spiro atoms. The van der Waals surface area contributed by atoms with E-state index >= 15 is 0 Å². The van der Waals surface area contributed by atoms with E-state index < -0.39 is 0 Å². The van der Waals surface area contributed by atoms with Crippen LogP contribution >= 0.6 is 0 Å². The van der Waals surface area contributed by atoms with Crippen molar-refractivity contribution >= 4 is 5.69 Å². The van der Waals surface area contributed by atoms with E-state index in [1.165, 1.54) is 12.6 Å². The van der Waals surface area contributed by atoms with Crippen LogP contribution in [-0.2, 0) is 4.74 Å². The lowest BCUT2D eigenvalue weighted by molar-refractivity contribution is 0.178. The molecule has 0 saturated carbocycles. The van der Waals surface area contributed by atoms with Gasteiger partial charge in [-0.3, -0.25) is 4.98 Å². The second-order valence-corrected chi connectivity index (χ2v) is 5.04. The van der Waals surface area contributed by atoms with Crippen molar-refractivity contribution in [2.45, 2.75) is 12.8 Å². The van der Waals surface area contributed by atoms with Crippen LogP contribution in [0.5, 0.6) is 0 Å². The molecule has 1 fully saturated rings. The van der Waals surface area contributed by atoms with E-state index in [4.69, 9.17) is 4.74 Å². The van der Waals surface area contributed by atoms with Gasteiger partial charge in [0, 0.05) is 39.5 Å². The molecular weight excluding hydrogens is 245 g/mol. The minimum absolute atomic E-state index is 0.280. The fraction of sp³-hybridized carbons (Fsp3) is 0.643. The van der Waals surface area contributed by atoms with Crippen LogP contribution in [0.25, 0.3) is 0 Å². The minimum atomic E-state index is -0.280. The van der Waals surface area contributed by atoms with Crippen LogP contribution in [0.1, 0.15) is 12.8 Å². The quantitative estimate of drug-likeness (QED) is 0.767. The molecule has 1 aromatic rings. The number of nitrogens with one attached hydrogen (secondary N) is 1. The summed E-state index contributed by atoms with van der Waals surface area (Å²) in [5.41, 5.74) is 0.549. The largest absolute Gasteiger partial charge is 0.385 e. The molecule has 5 heteroatoms. The Morgan fingerprint density at radius 1 is 1.58 bits per heavy atom. The summed E-state index contributed by atoms with van der Waals surface area (Å²) in [6, 6.07) is 1.68. The summed E-state index contributed by atoms with van der Waals surface area (Å²) in [4.78, 5) is 6.20. The summed E-state index contributed by atoms with van der Waals surface area (Å²) < 4.78 is 18.5. The maximum atomic E-state index is 13.4. The summed E-state index contributed by atoms with van der Waals surface area (Å²) in [6.45, 7) is 4.95. The Morgan fingerprint density at radius 2 is 2.47 bits per heavy atom. The number of nitrogens with zero attached hydrogens (tertiary/aromatic N) is 2. The molecule has 0 aromatic carbocycles. The van der Waals surface area contributed by atoms with Crippen LogP contribution in [0.4, 0.5) is 10.1 Å². The molecular formula is C14H22FN3O. The Labute approximate surface area is 114 Å². The third-order valence-corrected chi connectivity index (χ3v) is 3.55. The smallest absolute Gasteiger partial charge is 0.164 e. The molecule has 0 radical (unpaired) electrons. The Kier molecular flexibility index (Phi) is 5.54. The molecule has 2 heterocycles. The molecule has 1 atom stereocenters. The van der Waals surface area contributed by atoms with Crippen molar-refractivity contribution in [3.63, 3.8) is 0 Å². The molecule has 1 unspecified atom stereocenters. The molecule has 1 aliphatic heterocycles. The maximum Gasteiger partial charge on any atom is 0.164 e. The van der Waals surface area contributed by atoms with Gasteiger partial charge in [-0.15, -0.1) is 0 Å². The third-order valence-electron chi connectivity index (χ3n) is 3.55. The average molecular weight is 267 g/mol. The number of pyridine rings is 1. The lowest BCUT2D eigenvalue weighted by Crippen LogP contribution is -2.24. The number of methoxy groups -OCH3 is 1. The van der Waals surface area contributed by atoms with E-state index in [0.717, 1.165) is 39.2 Å². The van der Waals surface area contributed by atoms with E-state index in [1.54, 1.807) is 19.4 Å². The normalized spacial score (nSPS) is 19.8. The Morgan fingerprint density at radius 3 is 3.26 bits per heavy atom. The number of likely N-dealkylation sites (tertiary alicyclic amines) is 1.